The maximum Gasteiger partial charge on any atom is 0.317 e. The highest BCUT2D eigenvalue weighted by Gasteiger charge is 2.30. The third-order valence-electron chi connectivity index (χ3n) is 4.46. The van der Waals surface area contributed by atoms with E-state index in [1.54, 1.807) is 36.6 Å². The van der Waals surface area contributed by atoms with Crippen molar-refractivity contribution in [1.29, 1.82) is 0 Å². The number of nitrogens with one attached hydrogen (secondary N) is 2. The molecular weight excluding hydrogens is 350 g/mol. The second-order valence-corrected chi connectivity index (χ2v) is 6.39. The molecule has 8 heteroatoms. The second-order valence-electron chi connectivity index (χ2n) is 6.39. The van der Waals surface area contributed by atoms with E-state index < -0.39 is 11.9 Å². The van der Waals surface area contributed by atoms with Gasteiger partial charge in [-0.15, -0.1) is 0 Å². The molecule has 1 saturated heterocycles. The van der Waals surface area contributed by atoms with Crippen molar-refractivity contribution < 1.29 is 23.9 Å². The summed E-state index contributed by atoms with van der Waals surface area (Å²) in [5.41, 5.74) is 1.27. The number of rotatable bonds is 6. The lowest BCUT2D eigenvalue weighted by atomic mass is 10.1. The van der Waals surface area contributed by atoms with Gasteiger partial charge >= 0.3 is 12.0 Å². The Balaban J connectivity index is 1.50. The molecule has 0 bridgehead atoms. The molecule has 2 heterocycles. The largest absolute Gasteiger partial charge is 0.481 e. The quantitative estimate of drug-likeness (QED) is 0.717. The molecule has 1 aromatic carbocycles. The number of nitrogens with zero attached hydrogens (tertiary/aromatic N) is 1. The molecule has 1 aliphatic heterocycles. The Bertz CT molecular complexity index is 819. The van der Waals surface area contributed by atoms with Crippen molar-refractivity contribution in [2.24, 2.45) is 5.92 Å². The molecule has 8 nitrogen and oxygen atoms in total. The van der Waals surface area contributed by atoms with Crippen LogP contribution in [0.1, 0.15) is 28.1 Å². The monoisotopic (exact) mass is 371 g/mol. The molecule has 142 valence electrons. The van der Waals surface area contributed by atoms with Gasteiger partial charge in [0.2, 0.25) is 0 Å². The Morgan fingerprint density at radius 2 is 2.00 bits per heavy atom. The molecule has 3 amide bonds. The lowest BCUT2D eigenvalue weighted by molar-refractivity contribution is -0.141. The van der Waals surface area contributed by atoms with Crippen molar-refractivity contribution in [1.82, 2.24) is 15.5 Å². The van der Waals surface area contributed by atoms with Gasteiger partial charge in [0, 0.05) is 25.2 Å². The first-order valence-corrected chi connectivity index (χ1v) is 8.68. The number of urea groups is 1. The van der Waals surface area contributed by atoms with Gasteiger partial charge in [0.25, 0.3) is 5.91 Å². The van der Waals surface area contributed by atoms with E-state index in [2.05, 4.69) is 10.6 Å². The van der Waals surface area contributed by atoms with Gasteiger partial charge in [-0.2, -0.15) is 0 Å². The summed E-state index contributed by atoms with van der Waals surface area (Å²) in [6.07, 6.45) is 2.01. The zero-order valence-corrected chi connectivity index (χ0v) is 14.7. The highest BCUT2D eigenvalue weighted by Crippen LogP contribution is 2.16. The Hall–Kier alpha value is -3.29. The highest BCUT2D eigenvalue weighted by atomic mass is 16.4. The predicted molar refractivity (Wildman–Crippen MR) is 95.9 cm³/mol. The summed E-state index contributed by atoms with van der Waals surface area (Å²) < 4.78 is 5.18. The number of carbonyl (C=O) groups is 3. The number of likely N-dealkylation sites (tertiary alicyclic amines) is 1. The van der Waals surface area contributed by atoms with Crippen molar-refractivity contribution in [2.45, 2.75) is 19.5 Å². The van der Waals surface area contributed by atoms with Crippen LogP contribution >= 0.6 is 0 Å². The molecule has 1 aromatic heterocycles. The van der Waals surface area contributed by atoms with Crippen LogP contribution < -0.4 is 10.6 Å². The lowest BCUT2D eigenvalue weighted by Crippen LogP contribution is -2.38. The molecule has 2 aromatic rings. The van der Waals surface area contributed by atoms with E-state index >= 15 is 0 Å². The third-order valence-corrected chi connectivity index (χ3v) is 4.46. The van der Waals surface area contributed by atoms with Gasteiger partial charge in [0.1, 0.15) is 5.76 Å². The highest BCUT2D eigenvalue weighted by molar-refractivity contribution is 5.94. The Morgan fingerprint density at radius 3 is 2.70 bits per heavy atom. The number of hydrogen-bond acceptors (Lipinski definition) is 4. The minimum absolute atomic E-state index is 0.219. The number of furan rings is 1. The zero-order chi connectivity index (χ0) is 19.2. The SMILES string of the molecule is O=C(NCc1ccco1)c1cccc(CNC(=O)N2CCC(C(=O)O)C2)c1. The molecule has 0 radical (unpaired) electrons. The number of hydrogen-bond donors (Lipinski definition) is 3. The van der Waals surface area contributed by atoms with Crippen LogP contribution in [0.3, 0.4) is 0 Å². The van der Waals surface area contributed by atoms with Gasteiger partial charge in [0.15, 0.2) is 0 Å². The number of amides is 3. The first-order valence-electron chi connectivity index (χ1n) is 8.68. The molecular formula is C19H21N3O5. The lowest BCUT2D eigenvalue weighted by Gasteiger charge is -2.17. The zero-order valence-electron chi connectivity index (χ0n) is 14.7. The second kappa shape index (κ2) is 8.39. The summed E-state index contributed by atoms with van der Waals surface area (Å²) in [4.78, 5) is 36.9. The van der Waals surface area contributed by atoms with Crippen molar-refractivity contribution >= 4 is 17.9 Å². The number of aliphatic carboxylic acids is 1. The fourth-order valence-corrected chi connectivity index (χ4v) is 2.94. The fourth-order valence-electron chi connectivity index (χ4n) is 2.94. The van der Waals surface area contributed by atoms with Crippen molar-refractivity contribution in [3.8, 4) is 0 Å². The minimum atomic E-state index is -0.876. The van der Waals surface area contributed by atoms with Gasteiger partial charge in [0.05, 0.1) is 18.7 Å². The molecule has 0 spiro atoms. The summed E-state index contributed by atoms with van der Waals surface area (Å²) in [5.74, 6) is -0.948. The van der Waals surface area contributed by atoms with Crippen LogP contribution in [-0.2, 0) is 17.9 Å². The summed E-state index contributed by atoms with van der Waals surface area (Å²) in [7, 11) is 0. The van der Waals surface area contributed by atoms with Gasteiger partial charge in [-0.1, -0.05) is 12.1 Å². The summed E-state index contributed by atoms with van der Waals surface area (Å²) >= 11 is 0. The molecule has 3 N–H and O–H groups in total. The molecule has 0 aliphatic carbocycles. The molecule has 1 fully saturated rings. The van der Waals surface area contributed by atoms with Crippen molar-refractivity contribution in [2.75, 3.05) is 13.1 Å². The number of carbonyl (C=O) groups excluding carboxylic acids is 2. The first-order chi connectivity index (χ1) is 13.0. The van der Waals surface area contributed by atoms with E-state index in [1.165, 1.54) is 4.90 Å². The number of carboxylic acids is 1. The molecule has 27 heavy (non-hydrogen) atoms. The molecule has 1 aliphatic rings. The smallest absolute Gasteiger partial charge is 0.317 e. The van der Waals surface area contributed by atoms with Gasteiger partial charge < -0.3 is 25.1 Å². The molecule has 0 saturated carbocycles. The average molecular weight is 371 g/mol. The van der Waals surface area contributed by atoms with E-state index in [1.807, 2.05) is 6.07 Å². The van der Waals surface area contributed by atoms with Crippen molar-refractivity contribution in [3.63, 3.8) is 0 Å². The first kappa shape index (κ1) is 18.5. The van der Waals surface area contributed by atoms with E-state index in [-0.39, 0.29) is 25.0 Å². The van der Waals surface area contributed by atoms with E-state index in [9.17, 15) is 14.4 Å². The maximum atomic E-state index is 12.2. The minimum Gasteiger partial charge on any atom is -0.481 e. The van der Waals surface area contributed by atoms with Crippen LogP contribution in [0.15, 0.2) is 47.1 Å². The van der Waals surface area contributed by atoms with Crippen LogP contribution in [0.25, 0.3) is 0 Å². The van der Waals surface area contributed by atoms with Crippen LogP contribution in [0.2, 0.25) is 0 Å². The molecule has 3 rings (SSSR count). The molecule has 1 unspecified atom stereocenters. The fraction of sp³-hybridized carbons (Fsp3) is 0.316. The summed E-state index contributed by atoms with van der Waals surface area (Å²) in [6.45, 7) is 1.20. The number of carboxylic acid groups (broad SMARTS) is 1. The predicted octanol–water partition coefficient (Wildman–Crippen LogP) is 1.83. The van der Waals surface area contributed by atoms with Crippen LogP contribution in [0, 0.1) is 5.92 Å². The van der Waals surface area contributed by atoms with Crippen molar-refractivity contribution in [3.05, 3.63) is 59.5 Å². The normalized spacial score (nSPS) is 16.1. The topological polar surface area (TPSA) is 112 Å². The van der Waals surface area contributed by atoms with Crippen LogP contribution in [0.4, 0.5) is 4.79 Å². The molecule has 1 atom stereocenters. The van der Waals surface area contributed by atoms with Gasteiger partial charge in [-0.05, 0) is 36.2 Å². The summed E-state index contributed by atoms with van der Waals surface area (Å²) in [5, 5.41) is 14.5. The van der Waals surface area contributed by atoms with Crippen LogP contribution in [-0.4, -0.2) is 41.0 Å². The maximum absolute atomic E-state index is 12.2. The average Bonchev–Trinajstić information content (AvgIpc) is 3.36. The van der Waals surface area contributed by atoms with E-state index in [0.29, 0.717) is 30.8 Å². The van der Waals surface area contributed by atoms with Gasteiger partial charge in [-0.3, -0.25) is 9.59 Å². The third kappa shape index (κ3) is 4.87. The Labute approximate surface area is 156 Å². The standard InChI is InChI=1S/C19H21N3O5/c23-17(20-11-16-5-2-8-27-16)14-4-1-3-13(9-14)10-21-19(26)22-7-6-15(12-22)18(24)25/h1-5,8-9,15H,6-7,10-12H2,(H,20,23)(H,21,26)(H,24,25). The Morgan fingerprint density at radius 1 is 1.15 bits per heavy atom. The number of benzene rings is 1. The van der Waals surface area contributed by atoms with Gasteiger partial charge in [-0.25, -0.2) is 4.79 Å². The van der Waals surface area contributed by atoms with Crippen LogP contribution in [0.5, 0.6) is 0 Å². The summed E-state index contributed by atoms with van der Waals surface area (Å²) in [6, 6.07) is 10.2. The van der Waals surface area contributed by atoms with E-state index in [4.69, 9.17) is 9.52 Å². The Kier molecular flexibility index (Phi) is 5.75. The van der Waals surface area contributed by atoms with E-state index in [0.717, 1.165) is 5.56 Å².